The van der Waals surface area contributed by atoms with Gasteiger partial charge in [-0.1, -0.05) is 35.3 Å². The van der Waals surface area contributed by atoms with Gasteiger partial charge in [0.1, 0.15) is 0 Å². The summed E-state index contributed by atoms with van der Waals surface area (Å²) in [6.45, 7) is 0. The van der Waals surface area contributed by atoms with Gasteiger partial charge in [0, 0.05) is 17.6 Å². The van der Waals surface area contributed by atoms with Crippen LogP contribution in [0.1, 0.15) is 15.9 Å². The number of carbonyl (C=O) groups excluding carboxylic acids is 1. The molecule has 2 aromatic carbocycles. The molecule has 0 spiro atoms. The molecule has 0 aliphatic carbocycles. The third kappa shape index (κ3) is 4.99. The topological polar surface area (TPSA) is 75.3 Å². The van der Waals surface area contributed by atoms with Crippen LogP contribution in [0.15, 0.2) is 47.9 Å². The highest BCUT2D eigenvalue weighted by atomic mass is 35.5. The lowest BCUT2D eigenvalue weighted by Gasteiger charge is -2.08. The maximum Gasteiger partial charge on any atom is 0.255 e. The van der Waals surface area contributed by atoms with Gasteiger partial charge in [0.25, 0.3) is 15.9 Å². The minimum Gasteiger partial charge on any atom is -0.355 e. The maximum atomic E-state index is 12.2. The van der Waals surface area contributed by atoms with E-state index >= 15 is 0 Å². The Morgan fingerprint density at radius 2 is 1.75 bits per heavy atom. The zero-order valence-electron chi connectivity index (χ0n) is 12.6. The van der Waals surface area contributed by atoms with E-state index in [-0.39, 0.29) is 16.6 Å². The fourth-order valence-electron chi connectivity index (χ4n) is 1.82. The summed E-state index contributed by atoms with van der Waals surface area (Å²) in [5, 5.41) is 4.22. The van der Waals surface area contributed by atoms with Gasteiger partial charge in [0.15, 0.2) is 0 Å². The van der Waals surface area contributed by atoms with E-state index in [9.17, 15) is 13.2 Å². The fourth-order valence-corrected chi connectivity index (χ4v) is 3.04. The van der Waals surface area contributed by atoms with Gasteiger partial charge in [0.2, 0.25) is 0 Å². The molecule has 8 heteroatoms. The van der Waals surface area contributed by atoms with Crippen LogP contribution in [-0.2, 0) is 10.0 Å². The Labute approximate surface area is 150 Å². The van der Waals surface area contributed by atoms with Crippen molar-refractivity contribution < 1.29 is 13.2 Å². The average Bonchev–Trinajstić information content (AvgIpc) is 2.55. The Morgan fingerprint density at radius 1 is 1.08 bits per heavy atom. The molecule has 126 valence electrons. The Balaban J connectivity index is 2.22. The van der Waals surface area contributed by atoms with Crippen LogP contribution >= 0.6 is 23.2 Å². The first-order valence-corrected chi connectivity index (χ1v) is 9.09. The van der Waals surface area contributed by atoms with Crippen molar-refractivity contribution in [3.8, 4) is 0 Å². The number of nitrogens with one attached hydrogen (secondary N) is 2. The highest BCUT2D eigenvalue weighted by molar-refractivity contribution is 7.95. The quantitative estimate of drug-likeness (QED) is 0.823. The van der Waals surface area contributed by atoms with Crippen molar-refractivity contribution in [2.24, 2.45) is 0 Å². The summed E-state index contributed by atoms with van der Waals surface area (Å²) in [5.41, 5.74) is 1.09. The van der Waals surface area contributed by atoms with Gasteiger partial charge >= 0.3 is 0 Å². The van der Waals surface area contributed by atoms with E-state index in [1.54, 1.807) is 24.3 Å². The molecule has 2 aromatic rings. The second-order valence-corrected chi connectivity index (χ2v) is 7.19. The van der Waals surface area contributed by atoms with Crippen LogP contribution in [-0.4, -0.2) is 21.4 Å². The third-order valence-electron chi connectivity index (χ3n) is 3.02. The van der Waals surface area contributed by atoms with Crippen LogP contribution in [0.3, 0.4) is 0 Å². The highest BCUT2D eigenvalue weighted by Gasteiger charge is 2.12. The summed E-state index contributed by atoms with van der Waals surface area (Å²) in [6.07, 6.45) is 1.43. The van der Waals surface area contributed by atoms with Crippen LogP contribution in [0, 0.1) is 0 Å². The molecule has 0 atom stereocenters. The predicted molar refractivity (Wildman–Crippen MR) is 97.9 cm³/mol. The molecule has 0 fully saturated rings. The monoisotopic (exact) mass is 384 g/mol. The summed E-state index contributed by atoms with van der Waals surface area (Å²) in [5.74, 6) is -0.344. The van der Waals surface area contributed by atoms with Crippen LogP contribution in [0.25, 0.3) is 6.08 Å². The van der Waals surface area contributed by atoms with E-state index in [0.29, 0.717) is 16.1 Å². The van der Waals surface area contributed by atoms with Crippen molar-refractivity contribution in [2.45, 2.75) is 0 Å². The van der Waals surface area contributed by atoms with Gasteiger partial charge in [0.05, 0.1) is 16.1 Å². The Morgan fingerprint density at radius 3 is 2.38 bits per heavy atom. The lowest BCUT2D eigenvalue weighted by Crippen LogP contribution is -2.18. The molecular formula is C16H14Cl2N2O3S. The SMILES string of the molecule is CNC(=O)c1ccc(Cl)c(NS(=O)(=O)C=Cc2ccc(Cl)cc2)c1. The minimum absolute atomic E-state index is 0.124. The van der Waals surface area contributed by atoms with Crippen molar-refractivity contribution >= 4 is 50.9 Å². The summed E-state index contributed by atoms with van der Waals surface area (Å²) in [6, 6.07) is 11.0. The normalized spacial score (nSPS) is 11.5. The molecule has 0 aliphatic heterocycles. The molecular weight excluding hydrogens is 371 g/mol. The van der Waals surface area contributed by atoms with Crippen LogP contribution in [0.2, 0.25) is 10.0 Å². The first kappa shape index (κ1) is 18.3. The number of hydrogen-bond acceptors (Lipinski definition) is 3. The minimum atomic E-state index is -3.79. The third-order valence-corrected chi connectivity index (χ3v) is 4.60. The molecule has 2 N–H and O–H groups in total. The zero-order valence-corrected chi connectivity index (χ0v) is 14.9. The van der Waals surface area contributed by atoms with Crippen molar-refractivity contribution in [2.75, 3.05) is 11.8 Å². The number of benzene rings is 2. The number of amides is 1. The van der Waals surface area contributed by atoms with Crippen LogP contribution < -0.4 is 10.0 Å². The molecule has 0 unspecified atom stereocenters. The standard InChI is InChI=1S/C16H14Cl2N2O3S/c1-19-16(21)12-4-7-14(18)15(10-12)20-24(22,23)9-8-11-2-5-13(17)6-3-11/h2-10,20H,1H3,(H,19,21). The zero-order chi connectivity index (χ0) is 17.7. The predicted octanol–water partition coefficient (Wildman–Crippen LogP) is 3.77. The van der Waals surface area contributed by atoms with E-state index in [1.807, 2.05) is 0 Å². The summed E-state index contributed by atoms with van der Waals surface area (Å²) in [4.78, 5) is 11.6. The van der Waals surface area contributed by atoms with Gasteiger partial charge in [-0.3, -0.25) is 9.52 Å². The number of sulfonamides is 1. The van der Waals surface area contributed by atoms with Crippen molar-refractivity contribution in [3.05, 3.63) is 69.0 Å². The van der Waals surface area contributed by atoms with E-state index < -0.39 is 10.0 Å². The van der Waals surface area contributed by atoms with Crippen LogP contribution in [0.4, 0.5) is 5.69 Å². The number of hydrogen-bond donors (Lipinski definition) is 2. The smallest absolute Gasteiger partial charge is 0.255 e. The molecule has 0 aromatic heterocycles. The molecule has 5 nitrogen and oxygen atoms in total. The van der Waals surface area contributed by atoms with E-state index in [4.69, 9.17) is 23.2 Å². The lowest BCUT2D eigenvalue weighted by molar-refractivity contribution is 0.0963. The number of anilines is 1. The van der Waals surface area contributed by atoms with Crippen molar-refractivity contribution in [3.63, 3.8) is 0 Å². The Bertz CT molecular complexity index is 879. The van der Waals surface area contributed by atoms with Gasteiger partial charge in [-0.15, -0.1) is 0 Å². The van der Waals surface area contributed by atoms with Crippen LogP contribution in [0.5, 0.6) is 0 Å². The fraction of sp³-hybridized carbons (Fsp3) is 0.0625. The van der Waals surface area contributed by atoms with E-state index in [1.165, 1.54) is 31.3 Å². The first-order valence-electron chi connectivity index (χ1n) is 6.79. The van der Waals surface area contributed by atoms with Crippen molar-refractivity contribution in [1.82, 2.24) is 5.32 Å². The molecule has 0 saturated heterocycles. The number of carbonyl (C=O) groups is 1. The number of halogens is 2. The molecule has 1 amide bonds. The number of rotatable bonds is 5. The largest absolute Gasteiger partial charge is 0.355 e. The van der Waals surface area contributed by atoms with E-state index in [0.717, 1.165) is 5.41 Å². The lowest BCUT2D eigenvalue weighted by atomic mass is 10.2. The molecule has 0 saturated carbocycles. The maximum absolute atomic E-state index is 12.2. The van der Waals surface area contributed by atoms with Gasteiger partial charge in [-0.2, -0.15) is 0 Å². The highest BCUT2D eigenvalue weighted by Crippen LogP contribution is 2.24. The molecule has 2 rings (SSSR count). The Hall–Kier alpha value is -2.02. The summed E-state index contributed by atoms with van der Waals surface area (Å²) in [7, 11) is -2.31. The molecule has 0 heterocycles. The van der Waals surface area contributed by atoms with Gasteiger partial charge in [-0.25, -0.2) is 8.42 Å². The summed E-state index contributed by atoms with van der Waals surface area (Å²) < 4.78 is 26.7. The average molecular weight is 385 g/mol. The summed E-state index contributed by atoms with van der Waals surface area (Å²) >= 11 is 11.8. The second-order valence-electron chi connectivity index (χ2n) is 4.78. The molecule has 24 heavy (non-hydrogen) atoms. The molecule has 0 aliphatic rings. The van der Waals surface area contributed by atoms with E-state index in [2.05, 4.69) is 10.0 Å². The van der Waals surface area contributed by atoms with Gasteiger partial charge in [-0.05, 0) is 42.0 Å². The van der Waals surface area contributed by atoms with Crippen molar-refractivity contribution in [1.29, 1.82) is 0 Å². The van der Waals surface area contributed by atoms with Gasteiger partial charge < -0.3 is 5.32 Å². The first-order chi connectivity index (χ1) is 11.3. The molecule has 0 radical (unpaired) electrons. The molecule has 0 bridgehead atoms. The Kier molecular flexibility index (Phi) is 5.88. The second kappa shape index (κ2) is 7.70.